The summed E-state index contributed by atoms with van der Waals surface area (Å²) in [5.74, 6) is -0.473. The Morgan fingerprint density at radius 3 is 2.10 bits per heavy atom. The van der Waals surface area contributed by atoms with Crippen molar-refractivity contribution >= 4 is 39.2 Å². The van der Waals surface area contributed by atoms with E-state index < -0.39 is 11.9 Å². The number of carbonyl (C=O) groups is 2. The van der Waals surface area contributed by atoms with E-state index in [1.54, 1.807) is 6.07 Å². The van der Waals surface area contributed by atoms with Gasteiger partial charge in [-0.15, -0.1) is 11.3 Å². The molecule has 4 nitrogen and oxygen atoms in total. The van der Waals surface area contributed by atoms with E-state index in [0.717, 1.165) is 0 Å². The van der Waals surface area contributed by atoms with Crippen molar-refractivity contribution in [2.75, 3.05) is 13.2 Å². The fraction of sp³-hybridized carbons (Fsp3) is 0.571. The lowest BCUT2D eigenvalue weighted by atomic mass is 10.2. The number of esters is 2. The van der Waals surface area contributed by atoms with E-state index in [-0.39, 0.29) is 22.3 Å². The molecule has 0 aliphatic carbocycles. The first kappa shape index (κ1) is 17.2. The van der Waals surface area contributed by atoms with Crippen molar-refractivity contribution < 1.29 is 19.1 Å². The Labute approximate surface area is 131 Å². The van der Waals surface area contributed by atoms with E-state index in [1.165, 1.54) is 11.3 Å². The summed E-state index contributed by atoms with van der Waals surface area (Å²) in [5.41, 5.74) is 0.260. The lowest BCUT2D eigenvalue weighted by Gasteiger charge is -2.09. The highest BCUT2D eigenvalue weighted by Gasteiger charge is 2.23. The Morgan fingerprint density at radius 2 is 1.60 bits per heavy atom. The van der Waals surface area contributed by atoms with Crippen LogP contribution in [0.1, 0.15) is 47.7 Å². The third kappa shape index (κ3) is 5.25. The van der Waals surface area contributed by atoms with E-state index in [2.05, 4.69) is 15.9 Å². The summed E-state index contributed by atoms with van der Waals surface area (Å²) in [5, 5.41) is 0. The summed E-state index contributed by atoms with van der Waals surface area (Å²) in [4.78, 5) is 24.3. The van der Waals surface area contributed by atoms with Crippen LogP contribution in [0.3, 0.4) is 0 Å². The number of carbonyl (C=O) groups excluding carboxylic acids is 2. The van der Waals surface area contributed by atoms with Crippen molar-refractivity contribution in [3.05, 3.63) is 20.3 Å². The second kappa shape index (κ2) is 7.78. The lowest BCUT2D eigenvalue weighted by Crippen LogP contribution is -2.15. The molecular weight excluding hydrogens is 344 g/mol. The summed E-state index contributed by atoms with van der Waals surface area (Å²) in [6, 6.07) is 1.60. The molecule has 0 fully saturated rings. The molecule has 1 heterocycles. The van der Waals surface area contributed by atoms with Gasteiger partial charge in [-0.3, -0.25) is 0 Å². The molecule has 1 aromatic heterocycles. The van der Waals surface area contributed by atoms with Gasteiger partial charge in [0.2, 0.25) is 0 Å². The van der Waals surface area contributed by atoms with Crippen LogP contribution in [0.5, 0.6) is 0 Å². The average Bonchev–Trinajstić information content (AvgIpc) is 2.75. The number of ether oxygens (including phenoxy) is 2. The second-order valence-corrected chi connectivity index (χ2v) is 7.71. The smallest absolute Gasteiger partial charge is 0.349 e. The highest BCUT2D eigenvalue weighted by molar-refractivity contribution is 9.11. The van der Waals surface area contributed by atoms with Crippen molar-refractivity contribution in [2.45, 2.75) is 27.7 Å². The van der Waals surface area contributed by atoms with Crippen molar-refractivity contribution in [3.63, 3.8) is 0 Å². The van der Waals surface area contributed by atoms with E-state index in [0.29, 0.717) is 17.0 Å². The molecule has 112 valence electrons. The molecule has 1 aromatic rings. The van der Waals surface area contributed by atoms with Gasteiger partial charge in [-0.1, -0.05) is 27.7 Å². The maximum atomic E-state index is 12.0. The molecule has 0 saturated carbocycles. The van der Waals surface area contributed by atoms with Crippen molar-refractivity contribution in [1.82, 2.24) is 0 Å². The fourth-order valence-corrected chi connectivity index (χ4v) is 2.77. The van der Waals surface area contributed by atoms with Gasteiger partial charge in [-0.05, 0) is 33.8 Å². The van der Waals surface area contributed by atoms with Gasteiger partial charge in [0.25, 0.3) is 0 Å². The van der Waals surface area contributed by atoms with Gasteiger partial charge in [0, 0.05) is 0 Å². The van der Waals surface area contributed by atoms with E-state index in [4.69, 9.17) is 9.47 Å². The number of rotatable bonds is 6. The van der Waals surface area contributed by atoms with Gasteiger partial charge in [-0.25, -0.2) is 9.59 Å². The van der Waals surface area contributed by atoms with Crippen LogP contribution in [0.2, 0.25) is 0 Å². The molecule has 0 bridgehead atoms. The number of halogens is 1. The van der Waals surface area contributed by atoms with Gasteiger partial charge in [0.05, 0.1) is 22.6 Å². The molecule has 0 saturated heterocycles. The van der Waals surface area contributed by atoms with Gasteiger partial charge in [-0.2, -0.15) is 0 Å². The zero-order chi connectivity index (χ0) is 15.3. The van der Waals surface area contributed by atoms with Crippen LogP contribution in [0.15, 0.2) is 9.85 Å². The number of hydrogen-bond donors (Lipinski definition) is 0. The first-order valence-electron chi connectivity index (χ1n) is 6.44. The maximum Gasteiger partial charge on any atom is 0.349 e. The third-order valence-electron chi connectivity index (χ3n) is 2.20. The summed E-state index contributed by atoms with van der Waals surface area (Å²) in [6.45, 7) is 8.47. The van der Waals surface area contributed by atoms with Gasteiger partial charge in [0.15, 0.2) is 0 Å². The zero-order valence-electron chi connectivity index (χ0n) is 12.1. The summed E-state index contributed by atoms with van der Waals surface area (Å²) in [7, 11) is 0. The average molecular weight is 363 g/mol. The van der Waals surface area contributed by atoms with E-state index in [1.807, 2.05) is 27.7 Å². The minimum absolute atomic E-state index is 0.248. The van der Waals surface area contributed by atoms with Gasteiger partial charge < -0.3 is 9.47 Å². The topological polar surface area (TPSA) is 52.6 Å². The quantitative estimate of drug-likeness (QED) is 0.713. The van der Waals surface area contributed by atoms with Gasteiger partial charge in [0.1, 0.15) is 4.88 Å². The standard InChI is InChI=1S/C14H19BrO4S/c1-8(2)6-18-13(16)10-5-11(15)20-12(10)14(17)19-7-9(3)4/h5,8-9H,6-7H2,1-4H3. The summed E-state index contributed by atoms with van der Waals surface area (Å²) < 4.78 is 11.0. The van der Waals surface area contributed by atoms with Crippen molar-refractivity contribution in [3.8, 4) is 0 Å². The molecule has 0 atom stereocenters. The first-order chi connectivity index (χ1) is 9.31. The van der Waals surface area contributed by atoms with Crippen LogP contribution in [-0.2, 0) is 9.47 Å². The third-order valence-corrected chi connectivity index (χ3v) is 3.82. The maximum absolute atomic E-state index is 12.0. The van der Waals surface area contributed by atoms with Crippen LogP contribution >= 0.6 is 27.3 Å². The molecule has 0 N–H and O–H groups in total. The van der Waals surface area contributed by atoms with Crippen LogP contribution in [0.25, 0.3) is 0 Å². The molecule has 0 unspecified atom stereocenters. The molecule has 0 aliphatic heterocycles. The normalized spacial score (nSPS) is 10.9. The van der Waals surface area contributed by atoms with Crippen LogP contribution in [-0.4, -0.2) is 25.2 Å². The molecule has 6 heteroatoms. The van der Waals surface area contributed by atoms with Gasteiger partial charge >= 0.3 is 11.9 Å². The van der Waals surface area contributed by atoms with Crippen LogP contribution < -0.4 is 0 Å². The zero-order valence-corrected chi connectivity index (χ0v) is 14.5. The van der Waals surface area contributed by atoms with Crippen molar-refractivity contribution in [1.29, 1.82) is 0 Å². The minimum atomic E-state index is -0.489. The Bertz CT molecular complexity index is 438. The number of hydrogen-bond acceptors (Lipinski definition) is 5. The molecule has 0 aromatic carbocycles. The molecule has 20 heavy (non-hydrogen) atoms. The fourth-order valence-electron chi connectivity index (χ4n) is 1.29. The molecule has 0 aliphatic rings. The highest BCUT2D eigenvalue weighted by atomic mass is 79.9. The predicted octanol–water partition coefficient (Wildman–Crippen LogP) is 4.14. The van der Waals surface area contributed by atoms with E-state index >= 15 is 0 Å². The lowest BCUT2D eigenvalue weighted by molar-refractivity contribution is 0.0417. The largest absolute Gasteiger partial charge is 0.462 e. The Kier molecular flexibility index (Phi) is 6.68. The van der Waals surface area contributed by atoms with Crippen LogP contribution in [0, 0.1) is 11.8 Å². The van der Waals surface area contributed by atoms with Crippen molar-refractivity contribution in [2.24, 2.45) is 11.8 Å². The van der Waals surface area contributed by atoms with Crippen LogP contribution in [0.4, 0.5) is 0 Å². The molecule has 0 amide bonds. The minimum Gasteiger partial charge on any atom is -0.462 e. The number of thiophene rings is 1. The molecule has 0 spiro atoms. The Hall–Kier alpha value is -0.880. The highest BCUT2D eigenvalue weighted by Crippen LogP contribution is 2.28. The van der Waals surface area contributed by atoms with E-state index in [9.17, 15) is 9.59 Å². The SMILES string of the molecule is CC(C)COC(=O)c1cc(Br)sc1C(=O)OCC(C)C. The molecular formula is C14H19BrO4S. The Balaban J connectivity index is 2.81. The predicted molar refractivity (Wildman–Crippen MR) is 82.3 cm³/mol. The molecule has 0 radical (unpaired) electrons. The Morgan fingerprint density at radius 1 is 1.10 bits per heavy atom. The first-order valence-corrected chi connectivity index (χ1v) is 8.05. The summed E-state index contributed by atoms with van der Waals surface area (Å²) >= 11 is 4.46. The summed E-state index contributed by atoms with van der Waals surface area (Å²) in [6.07, 6.45) is 0. The second-order valence-electron chi connectivity index (χ2n) is 5.28. The monoisotopic (exact) mass is 362 g/mol. The molecule has 1 rings (SSSR count).